The molecule has 0 amide bonds. The van der Waals surface area contributed by atoms with Crippen molar-refractivity contribution in [3.8, 4) is 0 Å². The minimum Gasteiger partial charge on any atom is -0.385 e. The fraction of sp³-hybridized carbons (Fsp3) is 0.538. The molecule has 2 atom stereocenters. The molecule has 0 aromatic heterocycles. The van der Waals surface area contributed by atoms with E-state index in [4.69, 9.17) is 27.9 Å². The van der Waals surface area contributed by atoms with Crippen molar-refractivity contribution < 1.29 is 9.84 Å². The standard InChI is InChI=1S/C13H18Cl2O2/c1-4-13(3,17-5-2)12(16)10-7-6-9(14)8-11(10)15/h6-8,12,16H,4-5H2,1-3H3. The second kappa shape index (κ2) is 6.05. The van der Waals surface area contributed by atoms with Gasteiger partial charge in [-0.2, -0.15) is 0 Å². The van der Waals surface area contributed by atoms with Gasteiger partial charge in [0.15, 0.2) is 0 Å². The van der Waals surface area contributed by atoms with E-state index < -0.39 is 11.7 Å². The number of rotatable bonds is 5. The van der Waals surface area contributed by atoms with Gasteiger partial charge in [0.1, 0.15) is 6.10 Å². The summed E-state index contributed by atoms with van der Waals surface area (Å²) in [4.78, 5) is 0. The van der Waals surface area contributed by atoms with Crippen LogP contribution in [0, 0.1) is 0 Å². The Morgan fingerprint density at radius 3 is 2.47 bits per heavy atom. The lowest BCUT2D eigenvalue weighted by molar-refractivity contribution is -0.113. The van der Waals surface area contributed by atoms with Crippen LogP contribution < -0.4 is 0 Å². The van der Waals surface area contributed by atoms with E-state index >= 15 is 0 Å². The van der Waals surface area contributed by atoms with Crippen LogP contribution in [0.15, 0.2) is 18.2 Å². The maximum atomic E-state index is 10.4. The Balaban J connectivity index is 3.05. The molecule has 2 unspecified atom stereocenters. The molecule has 0 aliphatic heterocycles. The molecule has 2 nitrogen and oxygen atoms in total. The summed E-state index contributed by atoms with van der Waals surface area (Å²) in [6, 6.07) is 5.08. The molecule has 0 radical (unpaired) electrons. The normalized spacial score (nSPS) is 16.6. The molecule has 0 saturated heterocycles. The topological polar surface area (TPSA) is 29.5 Å². The SMILES string of the molecule is CCOC(C)(CC)C(O)c1ccc(Cl)cc1Cl. The summed E-state index contributed by atoms with van der Waals surface area (Å²) in [5, 5.41) is 11.4. The minimum atomic E-state index is -0.766. The van der Waals surface area contributed by atoms with Gasteiger partial charge in [0.05, 0.1) is 5.60 Å². The lowest BCUT2D eigenvalue weighted by atomic mass is 9.90. The van der Waals surface area contributed by atoms with Crippen molar-refractivity contribution in [2.45, 2.75) is 38.9 Å². The Morgan fingerprint density at radius 2 is 2.00 bits per heavy atom. The smallest absolute Gasteiger partial charge is 0.109 e. The van der Waals surface area contributed by atoms with Crippen LogP contribution in [0.25, 0.3) is 0 Å². The Kier molecular flexibility index (Phi) is 5.26. The van der Waals surface area contributed by atoms with E-state index in [1.54, 1.807) is 18.2 Å². The maximum Gasteiger partial charge on any atom is 0.109 e. The van der Waals surface area contributed by atoms with Gasteiger partial charge >= 0.3 is 0 Å². The van der Waals surface area contributed by atoms with Gasteiger partial charge in [-0.25, -0.2) is 0 Å². The molecule has 1 rings (SSSR count). The van der Waals surface area contributed by atoms with Crippen molar-refractivity contribution in [1.29, 1.82) is 0 Å². The van der Waals surface area contributed by atoms with E-state index in [9.17, 15) is 5.11 Å². The van der Waals surface area contributed by atoms with Crippen molar-refractivity contribution in [3.63, 3.8) is 0 Å². The van der Waals surface area contributed by atoms with Crippen LogP contribution in [0.1, 0.15) is 38.9 Å². The van der Waals surface area contributed by atoms with Crippen LogP contribution in [-0.2, 0) is 4.74 Å². The third kappa shape index (κ3) is 3.35. The summed E-state index contributed by atoms with van der Waals surface area (Å²) < 4.78 is 5.64. The van der Waals surface area contributed by atoms with Crippen molar-refractivity contribution in [1.82, 2.24) is 0 Å². The number of ether oxygens (including phenoxy) is 1. The molecule has 1 aromatic rings. The first-order valence-electron chi connectivity index (χ1n) is 5.71. The summed E-state index contributed by atoms with van der Waals surface area (Å²) in [6.07, 6.45) is -0.0711. The van der Waals surface area contributed by atoms with Crippen molar-refractivity contribution in [2.75, 3.05) is 6.61 Å². The van der Waals surface area contributed by atoms with E-state index in [-0.39, 0.29) is 0 Å². The van der Waals surface area contributed by atoms with Gasteiger partial charge in [0.25, 0.3) is 0 Å². The average molecular weight is 277 g/mol. The molecular weight excluding hydrogens is 259 g/mol. The van der Waals surface area contributed by atoms with Gasteiger partial charge in [0, 0.05) is 22.2 Å². The molecule has 0 bridgehead atoms. The first kappa shape index (κ1) is 14.8. The van der Waals surface area contributed by atoms with E-state index in [0.29, 0.717) is 28.6 Å². The average Bonchev–Trinajstić information content (AvgIpc) is 2.28. The highest BCUT2D eigenvalue weighted by Crippen LogP contribution is 2.36. The summed E-state index contributed by atoms with van der Waals surface area (Å²) in [6.45, 7) is 6.31. The Morgan fingerprint density at radius 1 is 1.35 bits per heavy atom. The van der Waals surface area contributed by atoms with E-state index in [1.807, 2.05) is 20.8 Å². The van der Waals surface area contributed by atoms with Crippen LogP contribution in [0.4, 0.5) is 0 Å². The summed E-state index contributed by atoms with van der Waals surface area (Å²) in [7, 11) is 0. The Hall–Kier alpha value is -0.280. The number of benzene rings is 1. The highest BCUT2D eigenvalue weighted by atomic mass is 35.5. The second-order valence-corrected chi connectivity index (χ2v) is 5.01. The van der Waals surface area contributed by atoms with Crippen molar-refractivity contribution in [3.05, 3.63) is 33.8 Å². The molecular formula is C13H18Cl2O2. The zero-order valence-electron chi connectivity index (χ0n) is 10.3. The fourth-order valence-electron chi connectivity index (χ4n) is 1.76. The number of aliphatic hydroxyl groups is 1. The zero-order chi connectivity index (χ0) is 13.1. The molecule has 0 spiro atoms. The van der Waals surface area contributed by atoms with Gasteiger partial charge in [-0.3, -0.25) is 0 Å². The quantitative estimate of drug-likeness (QED) is 0.872. The summed E-state index contributed by atoms with van der Waals surface area (Å²) in [5.41, 5.74) is 0.0144. The van der Waals surface area contributed by atoms with E-state index in [0.717, 1.165) is 0 Å². The number of halogens is 2. The van der Waals surface area contributed by atoms with Crippen molar-refractivity contribution in [2.24, 2.45) is 0 Å². The lowest BCUT2D eigenvalue weighted by Gasteiger charge is -2.34. The van der Waals surface area contributed by atoms with E-state index in [1.165, 1.54) is 0 Å². The third-order valence-electron chi connectivity index (χ3n) is 3.01. The predicted octanol–water partition coefficient (Wildman–Crippen LogP) is 4.23. The van der Waals surface area contributed by atoms with Gasteiger partial charge in [-0.15, -0.1) is 0 Å². The number of hydrogen-bond donors (Lipinski definition) is 1. The van der Waals surface area contributed by atoms with Gasteiger partial charge in [-0.05, 0) is 32.4 Å². The number of aliphatic hydroxyl groups excluding tert-OH is 1. The number of hydrogen-bond acceptors (Lipinski definition) is 2. The second-order valence-electron chi connectivity index (χ2n) is 4.17. The molecule has 1 aromatic carbocycles. The predicted molar refractivity (Wildman–Crippen MR) is 71.7 cm³/mol. The first-order valence-corrected chi connectivity index (χ1v) is 6.47. The maximum absolute atomic E-state index is 10.4. The molecule has 0 aliphatic carbocycles. The van der Waals surface area contributed by atoms with E-state index in [2.05, 4.69) is 0 Å². The third-order valence-corrected chi connectivity index (χ3v) is 3.57. The molecule has 0 saturated carbocycles. The van der Waals surface area contributed by atoms with Crippen LogP contribution in [-0.4, -0.2) is 17.3 Å². The van der Waals surface area contributed by atoms with Gasteiger partial charge < -0.3 is 9.84 Å². The Labute approximate surface area is 113 Å². The fourth-order valence-corrected chi connectivity index (χ4v) is 2.27. The van der Waals surface area contributed by atoms with Gasteiger partial charge in [0.2, 0.25) is 0 Å². The van der Waals surface area contributed by atoms with Crippen LogP contribution in [0.2, 0.25) is 10.0 Å². The monoisotopic (exact) mass is 276 g/mol. The van der Waals surface area contributed by atoms with Gasteiger partial charge in [-0.1, -0.05) is 36.2 Å². The van der Waals surface area contributed by atoms with Crippen LogP contribution >= 0.6 is 23.2 Å². The molecule has 1 N–H and O–H groups in total. The summed E-state index contributed by atoms with van der Waals surface area (Å²) >= 11 is 11.9. The largest absolute Gasteiger partial charge is 0.385 e. The molecule has 0 aliphatic rings. The zero-order valence-corrected chi connectivity index (χ0v) is 11.8. The molecule has 0 fully saturated rings. The Bertz CT molecular complexity index is 382. The first-order chi connectivity index (χ1) is 7.94. The highest BCUT2D eigenvalue weighted by Gasteiger charge is 2.34. The van der Waals surface area contributed by atoms with Crippen LogP contribution in [0.5, 0.6) is 0 Å². The minimum absolute atomic E-state index is 0.462. The molecule has 4 heteroatoms. The summed E-state index contributed by atoms with van der Waals surface area (Å²) in [5.74, 6) is 0. The van der Waals surface area contributed by atoms with Crippen LogP contribution in [0.3, 0.4) is 0 Å². The molecule has 0 heterocycles. The highest BCUT2D eigenvalue weighted by molar-refractivity contribution is 6.35. The molecule has 96 valence electrons. The van der Waals surface area contributed by atoms with Crippen molar-refractivity contribution >= 4 is 23.2 Å². The lowest BCUT2D eigenvalue weighted by Crippen LogP contribution is -2.35. The molecule has 17 heavy (non-hydrogen) atoms.